The molecule has 2 aromatic heterocycles. The Morgan fingerprint density at radius 3 is 3.08 bits per heavy atom. The molecule has 1 aliphatic heterocycles. The quantitative estimate of drug-likeness (QED) is 0.870. The fourth-order valence-electron chi connectivity index (χ4n) is 3.18. The predicted molar refractivity (Wildman–Crippen MR) is 90.9 cm³/mol. The number of aromatic nitrogens is 2. The maximum absolute atomic E-state index is 12.2. The molecule has 0 radical (unpaired) electrons. The van der Waals surface area contributed by atoms with E-state index in [1.807, 2.05) is 17.5 Å². The third kappa shape index (κ3) is 3.84. The Bertz CT molecular complexity index is 681. The van der Waals surface area contributed by atoms with Gasteiger partial charge in [0.25, 0.3) is 0 Å². The van der Waals surface area contributed by atoms with Crippen LogP contribution in [0, 0.1) is 0 Å². The second-order valence-corrected chi connectivity index (χ2v) is 7.73. The molecule has 2 aliphatic rings. The van der Waals surface area contributed by atoms with Crippen molar-refractivity contribution in [3.63, 3.8) is 0 Å². The number of carbonyl (C=O) groups is 1. The fourth-order valence-corrected chi connectivity index (χ4v) is 3.82. The van der Waals surface area contributed by atoms with Gasteiger partial charge in [0.15, 0.2) is 5.82 Å². The number of carbonyl (C=O) groups excluding carboxylic acids is 1. The summed E-state index contributed by atoms with van der Waals surface area (Å²) in [7, 11) is 0. The van der Waals surface area contributed by atoms with E-state index in [4.69, 9.17) is 4.52 Å². The molecule has 4 rings (SSSR count). The molecule has 6 nitrogen and oxygen atoms in total. The van der Waals surface area contributed by atoms with Gasteiger partial charge < -0.3 is 9.84 Å². The maximum atomic E-state index is 12.2. The summed E-state index contributed by atoms with van der Waals surface area (Å²) in [5, 5.41) is 9.19. The first-order valence-electron chi connectivity index (χ1n) is 8.63. The van der Waals surface area contributed by atoms with Crippen LogP contribution in [0.5, 0.6) is 0 Å². The van der Waals surface area contributed by atoms with E-state index < -0.39 is 0 Å². The Balaban J connectivity index is 1.28. The van der Waals surface area contributed by atoms with Crippen LogP contribution >= 0.6 is 11.3 Å². The molecule has 2 fully saturated rings. The molecule has 24 heavy (non-hydrogen) atoms. The normalized spacial score (nSPS) is 21.8. The topological polar surface area (TPSA) is 71.3 Å². The number of hydrogen-bond donors (Lipinski definition) is 1. The van der Waals surface area contributed by atoms with Crippen molar-refractivity contribution in [3.05, 3.63) is 34.1 Å². The molecule has 2 aromatic rings. The van der Waals surface area contributed by atoms with Crippen molar-refractivity contribution in [1.29, 1.82) is 0 Å². The van der Waals surface area contributed by atoms with Crippen LogP contribution in [0.15, 0.2) is 22.0 Å². The van der Waals surface area contributed by atoms with Gasteiger partial charge in [0, 0.05) is 23.3 Å². The molecule has 1 N–H and O–H groups in total. The van der Waals surface area contributed by atoms with Gasteiger partial charge >= 0.3 is 0 Å². The zero-order valence-corrected chi connectivity index (χ0v) is 14.4. The highest BCUT2D eigenvalue weighted by molar-refractivity contribution is 7.09. The SMILES string of the molecule is O=C(CN1CCCC(c2noc(C3CC3)n2)C1)NCc1cccs1. The third-order valence-corrected chi connectivity index (χ3v) is 5.54. The smallest absolute Gasteiger partial charge is 0.234 e. The van der Waals surface area contributed by atoms with E-state index in [0.29, 0.717) is 19.0 Å². The van der Waals surface area contributed by atoms with Gasteiger partial charge in [-0.1, -0.05) is 11.2 Å². The van der Waals surface area contributed by atoms with Crippen molar-refractivity contribution >= 4 is 17.2 Å². The molecular formula is C17H22N4O2S. The second-order valence-electron chi connectivity index (χ2n) is 6.70. The summed E-state index contributed by atoms with van der Waals surface area (Å²) >= 11 is 1.66. The van der Waals surface area contributed by atoms with E-state index in [0.717, 1.165) is 37.6 Å². The fraction of sp³-hybridized carbons (Fsp3) is 0.588. The molecule has 1 aliphatic carbocycles. The standard InChI is InChI=1S/C17H22N4O2S/c22-15(18-9-14-4-2-8-24-14)11-21-7-1-3-13(10-21)16-19-17(23-20-16)12-5-6-12/h2,4,8,12-13H,1,3,5-7,9-11H2,(H,18,22). The number of nitrogens with zero attached hydrogens (tertiary/aromatic N) is 3. The molecule has 3 heterocycles. The largest absolute Gasteiger partial charge is 0.350 e. The summed E-state index contributed by atoms with van der Waals surface area (Å²) in [4.78, 5) is 20.1. The van der Waals surface area contributed by atoms with E-state index in [-0.39, 0.29) is 11.8 Å². The van der Waals surface area contributed by atoms with Crippen LogP contribution in [0.3, 0.4) is 0 Å². The molecule has 128 valence electrons. The van der Waals surface area contributed by atoms with Crippen molar-refractivity contribution in [2.45, 2.75) is 44.1 Å². The number of rotatable bonds is 6. The minimum Gasteiger partial charge on any atom is -0.350 e. The van der Waals surface area contributed by atoms with Crippen LogP contribution in [0.4, 0.5) is 0 Å². The minimum absolute atomic E-state index is 0.0795. The summed E-state index contributed by atoms with van der Waals surface area (Å²) in [5.41, 5.74) is 0. The Morgan fingerprint density at radius 2 is 2.29 bits per heavy atom. The molecule has 1 atom stereocenters. The van der Waals surface area contributed by atoms with Crippen molar-refractivity contribution in [3.8, 4) is 0 Å². The number of amides is 1. The lowest BCUT2D eigenvalue weighted by Crippen LogP contribution is -2.42. The highest BCUT2D eigenvalue weighted by Gasteiger charge is 2.32. The van der Waals surface area contributed by atoms with E-state index >= 15 is 0 Å². The average Bonchev–Trinajstić information content (AvgIpc) is 3.12. The Morgan fingerprint density at radius 1 is 1.38 bits per heavy atom. The lowest BCUT2D eigenvalue weighted by atomic mass is 9.97. The highest BCUT2D eigenvalue weighted by atomic mass is 32.1. The van der Waals surface area contributed by atoms with Crippen LogP contribution < -0.4 is 5.32 Å². The van der Waals surface area contributed by atoms with Gasteiger partial charge in [-0.25, -0.2) is 0 Å². The maximum Gasteiger partial charge on any atom is 0.234 e. The number of thiophene rings is 1. The van der Waals surface area contributed by atoms with Crippen molar-refractivity contribution < 1.29 is 9.32 Å². The third-order valence-electron chi connectivity index (χ3n) is 4.66. The van der Waals surface area contributed by atoms with E-state index in [1.165, 1.54) is 17.7 Å². The van der Waals surface area contributed by atoms with Crippen molar-refractivity contribution in [2.75, 3.05) is 19.6 Å². The Kier molecular flexibility index (Phi) is 4.62. The van der Waals surface area contributed by atoms with E-state index in [2.05, 4.69) is 20.4 Å². The van der Waals surface area contributed by atoms with Gasteiger partial charge in [-0.05, 0) is 43.7 Å². The zero-order chi connectivity index (χ0) is 16.4. The van der Waals surface area contributed by atoms with E-state index in [9.17, 15) is 4.79 Å². The van der Waals surface area contributed by atoms with Gasteiger partial charge in [-0.3, -0.25) is 9.69 Å². The van der Waals surface area contributed by atoms with Crippen molar-refractivity contribution in [1.82, 2.24) is 20.4 Å². The predicted octanol–water partition coefficient (Wildman–Crippen LogP) is 2.50. The van der Waals surface area contributed by atoms with Gasteiger partial charge in [-0.2, -0.15) is 4.98 Å². The van der Waals surface area contributed by atoms with Crippen molar-refractivity contribution in [2.24, 2.45) is 0 Å². The minimum atomic E-state index is 0.0795. The summed E-state index contributed by atoms with van der Waals surface area (Å²) in [6.07, 6.45) is 4.47. The first kappa shape index (κ1) is 15.8. The van der Waals surface area contributed by atoms with E-state index in [1.54, 1.807) is 11.3 Å². The van der Waals surface area contributed by atoms with Crippen LogP contribution in [0.1, 0.15) is 54.1 Å². The number of likely N-dealkylation sites (tertiary alicyclic amines) is 1. The Labute approximate surface area is 145 Å². The van der Waals surface area contributed by atoms with Crippen LogP contribution in [0.2, 0.25) is 0 Å². The van der Waals surface area contributed by atoms with Crippen LogP contribution in [-0.2, 0) is 11.3 Å². The monoisotopic (exact) mass is 346 g/mol. The zero-order valence-electron chi connectivity index (χ0n) is 13.6. The van der Waals surface area contributed by atoms with Crippen LogP contribution in [0.25, 0.3) is 0 Å². The molecule has 0 bridgehead atoms. The summed E-state index contributed by atoms with van der Waals surface area (Å²) in [6, 6.07) is 4.04. The van der Waals surface area contributed by atoms with Gasteiger partial charge in [0.05, 0.1) is 13.1 Å². The molecule has 7 heteroatoms. The first-order valence-corrected chi connectivity index (χ1v) is 9.51. The lowest BCUT2D eigenvalue weighted by molar-refractivity contribution is -0.122. The average molecular weight is 346 g/mol. The first-order chi connectivity index (χ1) is 11.8. The number of piperidine rings is 1. The molecule has 1 amide bonds. The summed E-state index contributed by atoms with van der Waals surface area (Å²) in [6.45, 7) is 2.84. The molecule has 0 spiro atoms. The number of nitrogens with one attached hydrogen (secondary N) is 1. The second kappa shape index (κ2) is 7.03. The number of hydrogen-bond acceptors (Lipinski definition) is 6. The molecule has 1 saturated heterocycles. The lowest BCUT2D eigenvalue weighted by Gasteiger charge is -2.30. The molecule has 0 aromatic carbocycles. The summed E-state index contributed by atoms with van der Waals surface area (Å²) in [5.74, 6) is 2.47. The Hall–Kier alpha value is -1.73. The highest BCUT2D eigenvalue weighted by Crippen LogP contribution is 2.39. The summed E-state index contributed by atoms with van der Waals surface area (Å²) < 4.78 is 5.38. The molecule has 1 saturated carbocycles. The van der Waals surface area contributed by atoms with Crippen LogP contribution in [-0.4, -0.2) is 40.6 Å². The van der Waals surface area contributed by atoms with Gasteiger partial charge in [0.1, 0.15) is 0 Å². The van der Waals surface area contributed by atoms with Gasteiger partial charge in [-0.15, -0.1) is 11.3 Å². The molecule has 1 unspecified atom stereocenters. The van der Waals surface area contributed by atoms with Gasteiger partial charge in [0.2, 0.25) is 11.8 Å². The molecular weight excluding hydrogens is 324 g/mol.